The zero-order valence-electron chi connectivity index (χ0n) is 17.4. The van der Waals surface area contributed by atoms with Gasteiger partial charge in [0.2, 0.25) is 5.91 Å². The Hall–Kier alpha value is -2.53. The topological polar surface area (TPSA) is 52.7 Å². The number of benzene rings is 2. The molecule has 1 atom stereocenters. The lowest BCUT2D eigenvalue weighted by atomic mass is 9.96. The maximum absolute atomic E-state index is 12.9. The van der Waals surface area contributed by atoms with Crippen molar-refractivity contribution in [3.63, 3.8) is 0 Å². The number of carbonyl (C=O) groups is 2. The average Bonchev–Trinajstić information content (AvgIpc) is 3.28. The molecule has 6 heteroatoms. The zero-order valence-corrected chi connectivity index (χ0v) is 18.1. The van der Waals surface area contributed by atoms with Crippen LogP contribution in [-0.2, 0) is 4.79 Å². The first-order chi connectivity index (χ1) is 14.5. The number of amides is 2. The number of rotatable bonds is 4. The molecule has 0 aromatic heterocycles. The average molecular weight is 426 g/mol. The quantitative estimate of drug-likeness (QED) is 0.769. The molecule has 1 N–H and O–H groups in total. The minimum Gasteiger partial charge on any atom is -0.371 e. The van der Waals surface area contributed by atoms with Crippen LogP contribution in [0.4, 0.5) is 11.4 Å². The van der Waals surface area contributed by atoms with Gasteiger partial charge in [-0.05, 0) is 80.6 Å². The number of aryl methyl sites for hydroxylation is 1. The Balaban J connectivity index is 1.39. The van der Waals surface area contributed by atoms with E-state index in [9.17, 15) is 9.59 Å². The van der Waals surface area contributed by atoms with E-state index < -0.39 is 0 Å². The Kier molecular flexibility index (Phi) is 6.28. The molecule has 0 aliphatic carbocycles. The van der Waals surface area contributed by atoms with Gasteiger partial charge in [-0.2, -0.15) is 0 Å². The minimum atomic E-state index is -0.200. The van der Waals surface area contributed by atoms with E-state index in [1.165, 1.54) is 24.1 Å². The zero-order chi connectivity index (χ0) is 21.1. The van der Waals surface area contributed by atoms with Crippen molar-refractivity contribution in [2.75, 3.05) is 36.4 Å². The Labute approximate surface area is 183 Å². The normalized spacial score (nSPS) is 19.1. The molecule has 2 saturated heterocycles. The lowest BCUT2D eigenvalue weighted by Gasteiger charge is -2.32. The fourth-order valence-corrected chi connectivity index (χ4v) is 4.57. The number of nitrogens with one attached hydrogen (secondary N) is 1. The van der Waals surface area contributed by atoms with Gasteiger partial charge in [0.1, 0.15) is 0 Å². The number of halogens is 1. The minimum absolute atomic E-state index is 0.0167. The Morgan fingerprint density at radius 3 is 2.43 bits per heavy atom. The van der Waals surface area contributed by atoms with Crippen LogP contribution in [0.5, 0.6) is 0 Å². The van der Waals surface area contributed by atoms with Gasteiger partial charge in [0, 0.05) is 48.1 Å². The molecule has 2 amide bonds. The van der Waals surface area contributed by atoms with Crippen molar-refractivity contribution in [1.29, 1.82) is 0 Å². The van der Waals surface area contributed by atoms with Gasteiger partial charge in [-0.25, -0.2) is 0 Å². The van der Waals surface area contributed by atoms with Crippen LogP contribution in [0.1, 0.15) is 41.6 Å². The van der Waals surface area contributed by atoms with Crippen LogP contribution in [0.25, 0.3) is 0 Å². The second-order valence-electron chi connectivity index (χ2n) is 8.28. The molecule has 158 valence electrons. The predicted molar refractivity (Wildman–Crippen MR) is 121 cm³/mol. The van der Waals surface area contributed by atoms with Gasteiger partial charge in [0.25, 0.3) is 5.91 Å². The monoisotopic (exact) mass is 425 g/mol. The van der Waals surface area contributed by atoms with Crippen LogP contribution < -0.4 is 10.2 Å². The second-order valence-corrected chi connectivity index (χ2v) is 8.72. The summed E-state index contributed by atoms with van der Waals surface area (Å²) in [5.41, 5.74) is 3.86. The summed E-state index contributed by atoms with van der Waals surface area (Å²) >= 11 is 5.92. The number of piperidine rings is 1. The highest BCUT2D eigenvalue weighted by Gasteiger charge is 2.29. The summed E-state index contributed by atoms with van der Waals surface area (Å²) in [7, 11) is 0. The number of nitrogens with zero attached hydrogens (tertiary/aromatic N) is 2. The number of carbonyl (C=O) groups excluding carboxylic acids is 2. The van der Waals surface area contributed by atoms with Gasteiger partial charge in [0.15, 0.2) is 0 Å². The van der Waals surface area contributed by atoms with Crippen LogP contribution in [0.2, 0.25) is 5.02 Å². The summed E-state index contributed by atoms with van der Waals surface area (Å²) in [6.45, 7) is 5.42. The highest BCUT2D eigenvalue weighted by Crippen LogP contribution is 2.27. The smallest absolute Gasteiger partial charge is 0.253 e. The van der Waals surface area contributed by atoms with E-state index >= 15 is 0 Å². The third-order valence-corrected chi connectivity index (χ3v) is 6.33. The van der Waals surface area contributed by atoms with E-state index in [2.05, 4.69) is 23.2 Å². The Morgan fingerprint density at radius 1 is 1.00 bits per heavy atom. The van der Waals surface area contributed by atoms with Crippen molar-refractivity contribution in [2.45, 2.75) is 32.6 Å². The second kappa shape index (κ2) is 9.09. The molecule has 2 aliphatic heterocycles. The van der Waals surface area contributed by atoms with Gasteiger partial charge in [0.05, 0.1) is 5.92 Å². The van der Waals surface area contributed by atoms with Crippen LogP contribution in [0.3, 0.4) is 0 Å². The molecule has 0 bridgehead atoms. The van der Waals surface area contributed by atoms with Crippen molar-refractivity contribution in [3.8, 4) is 0 Å². The summed E-state index contributed by atoms with van der Waals surface area (Å²) in [5.74, 6) is -0.263. The standard InChI is InChI=1S/C24H28ClN3O2/c1-17-15-21(10-11-22(17)27-12-2-3-13-27)26-23(29)19-5-4-14-28(16-19)24(30)18-6-8-20(25)9-7-18/h6-11,15,19H,2-5,12-14,16H2,1H3,(H,26,29). The highest BCUT2D eigenvalue weighted by molar-refractivity contribution is 6.30. The van der Waals surface area contributed by atoms with E-state index in [1.54, 1.807) is 29.2 Å². The summed E-state index contributed by atoms with van der Waals surface area (Å²) in [5, 5.41) is 3.67. The Morgan fingerprint density at radius 2 is 1.73 bits per heavy atom. The summed E-state index contributed by atoms with van der Waals surface area (Å²) < 4.78 is 0. The number of hydrogen-bond acceptors (Lipinski definition) is 3. The van der Waals surface area contributed by atoms with Crippen molar-refractivity contribution >= 4 is 34.8 Å². The van der Waals surface area contributed by atoms with Gasteiger partial charge in [-0.15, -0.1) is 0 Å². The molecule has 30 heavy (non-hydrogen) atoms. The lowest BCUT2D eigenvalue weighted by Crippen LogP contribution is -2.43. The number of hydrogen-bond donors (Lipinski definition) is 1. The summed E-state index contributed by atoms with van der Waals surface area (Å²) in [6.07, 6.45) is 4.10. The van der Waals surface area contributed by atoms with Gasteiger partial charge >= 0.3 is 0 Å². The molecule has 2 aromatic rings. The van der Waals surface area contributed by atoms with Crippen LogP contribution >= 0.6 is 11.6 Å². The third kappa shape index (κ3) is 4.62. The van der Waals surface area contributed by atoms with Gasteiger partial charge < -0.3 is 15.1 Å². The van der Waals surface area contributed by atoms with E-state index in [-0.39, 0.29) is 17.7 Å². The number of likely N-dealkylation sites (tertiary alicyclic amines) is 1. The first-order valence-corrected chi connectivity index (χ1v) is 11.1. The fourth-order valence-electron chi connectivity index (χ4n) is 4.44. The highest BCUT2D eigenvalue weighted by atomic mass is 35.5. The summed E-state index contributed by atoms with van der Waals surface area (Å²) in [6, 6.07) is 13.0. The maximum Gasteiger partial charge on any atom is 0.253 e. The van der Waals surface area contributed by atoms with Crippen LogP contribution in [0.15, 0.2) is 42.5 Å². The molecule has 4 rings (SSSR count). The number of anilines is 2. The molecule has 2 aromatic carbocycles. The first kappa shape index (κ1) is 20.7. The first-order valence-electron chi connectivity index (χ1n) is 10.7. The largest absolute Gasteiger partial charge is 0.371 e. The van der Waals surface area contributed by atoms with Gasteiger partial charge in [-0.1, -0.05) is 11.6 Å². The maximum atomic E-state index is 12.9. The molecule has 2 aliphatic rings. The molecular formula is C24H28ClN3O2. The Bertz CT molecular complexity index is 923. The van der Waals surface area contributed by atoms with Crippen LogP contribution in [-0.4, -0.2) is 42.9 Å². The van der Waals surface area contributed by atoms with Crippen molar-refractivity contribution in [2.24, 2.45) is 5.92 Å². The molecular weight excluding hydrogens is 398 g/mol. The van der Waals surface area contributed by atoms with Gasteiger partial charge in [-0.3, -0.25) is 9.59 Å². The van der Waals surface area contributed by atoms with Crippen molar-refractivity contribution in [1.82, 2.24) is 4.90 Å². The van der Waals surface area contributed by atoms with E-state index in [1.807, 2.05) is 12.1 Å². The van der Waals surface area contributed by atoms with E-state index in [0.29, 0.717) is 23.7 Å². The molecule has 2 fully saturated rings. The molecule has 1 unspecified atom stereocenters. The van der Waals surface area contributed by atoms with Crippen molar-refractivity contribution in [3.05, 3.63) is 58.6 Å². The summed E-state index contributed by atoms with van der Waals surface area (Å²) in [4.78, 5) is 29.9. The SMILES string of the molecule is Cc1cc(NC(=O)C2CCCN(C(=O)c3ccc(Cl)cc3)C2)ccc1N1CCCC1. The predicted octanol–water partition coefficient (Wildman–Crippen LogP) is 4.74. The molecule has 0 saturated carbocycles. The third-order valence-electron chi connectivity index (χ3n) is 6.08. The lowest BCUT2D eigenvalue weighted by molar-refractivity contribution is -0.121. The van der Waals surface area contributed by atoms with E-state index in [0.717, 1.165) is 31.6 Å². The molecule has 2 heterocycles. The van der Waals surface area contributed by atoms with Crippen molar-refractivity contribution < 1.29 is 9.59 Å². The molecule has 0 spiro atoms. The molecule has 5 nitrogen and oxygen atoms in total. The molecule has 0 radical (unpaired) electrons. The van der Waals surface area contributed by atoms with Crippen LogP contribution in [0, 0.1) is 12.8 Å². The fraction of sp³-hybridized carbons (Fsp3) is 0.417. The van der Waals surface area contributed by atoms with E-state index in [4.69, 9.17) is 11.6 Å².